The van der Waals surface area contributed by atoms with E-state index < -0.39 is 23.5 Å². The lowest BCUT2D eigenvalue weighted by Crippen LogP contribution is -2.40. The lowest BCUT2D eigenvalue weighted by atomic mass is 9.87. The highest BCUT2D eigenvalue weighted by Crippen LogP contribution is 2.22. The van der Waals surface area contributed by atoms with E-state index in [-0.39, 0.29) is 17.4 Å². The van der Waals surface area contributed by atoms with E-state index in [1.807, 2.05) is 20.8 Å². The SMILES string of the molecule is CC(C)(C)CC(CC(=O)O)NC(=O)c1ccc[nH]c1=O. The Hall–Kier alpha value is -2.11. The van der Waals surface area contributed by atoms with Gasteiger partial charge in [0, 0.05) is 12.2 Å². The standard InChI is InChI=1S/C14H20N2O4/c1-14(2,3)8-9(7-11(17)18)16-13(20)10-5-4-6-15-12(10)19/h4-6,9H,7-8H2,1-3H3,(H,15,19)(H,16,20)(H,17,18). The number of H-pyrrole nitrogens is 1. The molecule has 1 heterocycles. The van der Waals surface area contributed by atoms with E-state index in [0.29, 0.717) is 6.42 Å². The Morgan fingerprint density at radius 3 is 2.55 bits per heavy atom. The number of carboxylic acid groups (broad SMARTS) is 1. The highest BCUT2D eigenvalue weighted by molar-refractivity contribution is 5.94. The first-order chi connectivity index (χ1) is 9.19. The summed E-state index contributed by atoms with van der Waals surface area (Å²) in [6.45, 7) is 5.88. The van der Waals surface area contributed by atoms with E-state index in [2.05, 4.69) is 10.3 Å². The first-order valence-electron chi connectivity index (χ1n) is 6.39. The van der Waals surface area contributed by atoms with Crippen molar-refractivity contribution in [1.29, 1.82) is 0 Å². The molecule has 1 amide bonds. The van der Waals surface area contributed by atoms with Gasteiger partial charge in [0.15, 0.2) is 0 Å². The number of aliphatic carboxylic acids is 1. The van der Waals surface area contributed by atoms with Gasteiger partial charge in [-0.15, -0.1) is 0 Å². The minimum Gasteiger partial charge on any atom is -0.481 e. The van der Waals surface area contributed by atoms with Crippen LogP contribution in [0.3, 0.4) is 0 Å². The molecule has 6 nitrogen and oxygen atoms in total. The Morgan fingerprint density at radius 2 is 2.05 bits per heavy atom. The van der Waals surface area contributed by atoms with Crippen LogP contribution in [0, 0.1) is 5.41 Å². The average Bonchev–Trinajstić information content (AvgIpc) is 2.25. The van der Waals surface area contributed by atoms with Crippen molar-refractivity contribution in [3.8, 4) is 0 Å². The highest BCUT2D eigenvalue weighted by atomic mass is 16.4. The number of amides is 1. The van der Waals surface area contributed by atoms with Gasteiger partial charge in [0.2, 0.25) is 0 Å². The molecule has 1 aromatic rings. The zero-order valence-corrected chi connectivity index (χ0v) is 11.9. The smallest absolute Gasteiger partial charge is 0.305 e. The maximum absolute atomic E-state index is 12.0. The summed E-state index contributed by atoms with van der Waals surface area (Å²) in [5.74, 6) is -1.54. The molecule has 0 fully saturated rings. The van der Waals surface area contributed by atoms with Gasteiger partial charge in [0.1, 0.15) is 5.56 Å². The van der Waals surface area contributed by atoms with E-state index in [0.717, 1.165) is 0 Å². The van der Waals surface area contributed by atoms with Crippen LogP contribution in [-0.4, -0.2) is 28.0 Å². The Bertz CT molecular complexity index is 543. The molecule has 1 atom stereocenters. The van der Waals surface area contributed by atoms with Crippen LogP contribution < -0.4 is 10.9 Å². The Kier molecular flexibility index (Phi) is 5.07. The third-order valence-electron chi connectivity index (χ3n) is 2.68. The van der Waals surface area contributed by atoms with Crippen molar-refractivity contribution in [2.75, 3.05) is 0 Å². The van der Waals surface area contributed by atoms with Gasteiger partial charge in [-0.05, 0) is 24.0 Å². The van der Waals surface area contributed by atoms with Gasteiger partial charge in [0.05, 0.1) is 6.42 Å². The number of aromatic amines is 1. The second-order valence-corrected chi connectivity index (χ2v) is 5.95. The van der Waals surface area contributed by atoms with Crippen LogP contribution in [-0.2, 0) is 4.79 Å². The molecule has 0 aliphatic rings. The van der Waals surface area contributed by atoms with Gasteiger partial charge in [-0.1, -0.05) is 20.8 Å². The largest absolute Gasteiger partial charge is 0.481 e. The number of pyridine rings is 1. The molecule has 1 aromatic heterocycles. The molecule has 3 N–H and O–H groups in total. The summed E-state index contributed by atoms with van der Waals surface area (Å²) < 4.78 is 0. The first kappa shape index (κ1) is 15.9. The highest BCUT2D eigenvalue weighted by Gasteiger charge is 2.23. The van der Waals surface area contributed by atoms with Gasteiger partial charge in [-0.2, -0.15) is 0 Å². The van der Waals surface area contributed by atoms with Crippen molar-refractivity contribution in [3.05, 3.63) is 34.2 Å². The molecular formula is C14H20N2O4. The Labute approximate surface area is 117 Å². The van der Waals surface area contributed by atoms with Gasteiger partial charge >= 0.3 is 5.97 Å². The van der Waals surface area contributed by atoms with Crippen molar-refractivity contribution in [2.45, 2.75) is 39.7 Å². The van der Waals surface area contributed by atoms with Gasteiger partial charge in [0.25, 0.3) is 11.5 Å². The molecular weight excluding hydrogens is 260 g/mol. The normalized spacial score (nSPS) is 12.8. The molecule has 6 heteroatoms. The number of aromatic nitrogens is 1. The average molecular weight is 280 g/mol. The molecule has 0 aromatic carbocycles. The third kappa shape index (κ3) is 5.26. The van der Waals surface area contributed by atoms with Crippen molar-refractivity contribution in [2.24, 2.45) is 5.41 Å². The summed E-state index contributed by atoms with van der Waals surface area (Å²) in [4.78, 5) is 36.8. The molecule has 110 valence electrons. The molecule has 0 spiro atoms. The minimum atomic E-state index is -0.985. The van der Waals surface area contributed by atoms with Crippen LogP contribution in [0.2, 0.25) is 0 Å². The fourth-order valence-electron chi connectivity index (χ4n) is 1.99. The maximum Gasteiger partial charge on any atom is 0.305 e. The van der Waals surface area contributed by atoms with Gasteiger partial charge in [-0.25, -0.2) is 0 Å². The summed E-state index contributed by atoms with van der Waals surface area (Å²) in [5, 5.41) is 11.5. The quantitative estimate of drug-likeness (QED) is 0.758. The topological polar surface area (TPSA) is 99.3 Å². The molecule has 1 rings (SSSR count). The molecule has 0 aliphatic heterocycles. The summed E-state index contributed by atoms with van der Waals surface area (Å²) in [7, 11) is 0. The van der Waals surface area contributed by atoms with Crippen LogP contribution in [0.15, 0.2) is 23.1 Å². The molecule has 0 radical (unpaired) electrons. The number of rotatable bonds is 5. The number of nitrogens with one attached hydrogen (secondary N) is 2. The lowest BCUT2D eigenvalue weighted by Gasteiger charge is -2.25. The molecule has 0 saturated heterocycles. The predicted molar refractivity (Wildman–Crippen MR) is 74.6 cm³/mol. The van der Waals surface area contributed by atoms with Crippen LogP contribution in [0.25, 0.3) is 0 Å². The zero-order valence-electron chi connectivity index (χ0n) is 11.9. The van der Waals surface area contributed by atoms with E-state index >= 15 is 0 Å². The van der Waals surface area contributed by atoms with E-state index in [4.69, 9.17) is 5.11 Å². The second kappa shape index (κ2) is 6.36. The predicted octanol–water partition coefficient (Wildman–Crippen LogP) is 1.38. The number of carbonyl (C=O) groups excluding carboxylic acids is 1. The van der Waals surface area contributed by atoms with E-state index in [9.17, 15) is 14.4 Å². The summed E-state index contributed by atoms with van der Waals surface area (Å²) in [6.07, 6.45) is 1.77. The van der Waals surface area contributed by atoms with Crippen molar-refractivity contribution < 1.29 is 14.7 Å². The fraction of sp³-hybridized carbons (Fsp3) is 0.500. The number of hydrogen-bond donors (Lipinski definition) is 3. The number of carbonyl (C=O) groups is 2. The van der Waals surface area contributed by atoms with E-state index in [1.165, 1.54) is 12.3 Å². The minimum absolute atomic E-state index is 0.0169. The second-order valence-electron chi connectivity index (χ2n) is 5.95. The molecule has 0 bridgehead atoms. The van der Waals surface area contributed by atoms with Crippen molar-refractivity contribution in [1.82, 2.24) is 10.3 Å². The van der Waals surface area contributed by atoms with Gasteiger partial charge < -0.3 is 15.4 Å². The maximum atomic E-state index is 12.0. The van der Waals surface area contributed by atoms with Gasteiger partial charge in [-0.3, -0.25) is 14.4 Å². The molecule has 0 aliphatic carbocycles. The Balaban J connectivity index is 2.84. The van der Waals surface area contributed by atoms with Crippen LogP contribution >= 0.6 is 0 Å². The molecule has 1 unspecified atom stereocenters. The number of carboxylic acids is 1. The van der Waals surface area contributed by atoms with Crippen molar-refractivity contribution in [3.63, 3.8) is 0 Å². The van der Waals surface area contributed by atoms with Crippen LogP contribution in [0.5, 0.6) is 0 Å². The third-order valence-corrected chi connectivity index (χ3v) is 2.68. The summed E-state index contributed by atoms with van der Waals surface area (Å²) >= 11 is 0. The summed E-state index contributed by atoms with van der Waals surface area (Å²) in [5.41, 5.74) is -0.636. The first-order valence-corrected chi connectivity index (χ1v) is 6.39. The molecule has 20 heavy (non-hydrogen) atoms. The lowest BCUT2D eigenvalue weighted by molar-refractivity contribution is -0.137. The zero-order chi connectivity index (χ0) is 15.3. The van der Waals surface area contributed by atoms with Crippen molar-refractivity contribution >= 4 is 11.9 Å². The number of hydrogen-bond acceptors (Lipinski definition) is 3. The van der Waals surface area contributed by atoms with Crippen LogP contribution in [0.4, 0.5) is 0 Å². The monoisotopic (exact) mass is 280 g/mol. The summed E-state index contributed by atoms with van der Waals surface area (Å²) in [6, 6.07) is 2.44. The molecule has 0 saturated carbocycles. The van der Waals surface area contributed by atoms with Crippen LogP contribution in [0.1, 0.15) is 44.0 Å². The Morgan fingerprint density at radius 1 is 1.40 bits per heavy atom. The fourth-order valence-corrected chi connectivity index (χ4v) is 1.99. The van der Waals surface area contributed by atoms with E-state index in [1.54, 1.807) is 6.07 Å².